The molecular weight excluding hydrogens is 413 g/mol. The number of thiazole rings is 1. The minimum Gasteiger partial charge on any atom is -0.267 e. The molecule has 0 saturated carbocycles. The highest BCUT2D eigenvalue weighted by Gasteiger charge is 2.14. The summed E-state index contributed by atoms with van der Waals surface area (Å²) in [4.78, 5) is 13.2. The van der Waals surface area contributed by atoms with Crippen LogP contribution in [0.4, 0.5) is 0 Å². The van der Waals surface area contributed by atoms with Crippen LogP contribution in [0.2, 0.25) is 10.0 Å². The lowest BCUT2D eigenvalue weighted by Crippen LogP contribution is -2.31. The normalized spacial score (nSPS) is 11.1. The van der Waals surface area contributed by atoms with Gasteiger partial charge in [0.15, 0.2) is 5.57 Å². The lowest BCUT2D eigenvalue weighted by molar-refractivity contribution is 0.962. The number of aryl methyl sites for hydroxylation is 2. The van der Waals surface area contributed by atoms with E-state index in [1.54, 1.807) is 24.3 Å². The third kappa shape index (κ3) is 3.61. The van der Waals surface area contributed by atoms with Gasteiger partial charge in [-0.3, -0.25) is 9.36 Å². The molecule has 0 atom stereocenters. The Morgan fingerprint density at radius 3 is 2.29 bits per heavy atom. The summed E-state index contributed by atoms with van der Waals surface area (Å²) in [5.41, 5.74) is 2.71. The summed E-state index contributed by atoms with van der Waals surface area (Å²) in [6.45, 7) is 3.77. The molecule has 0 amide bonds. The van der Waals surface area contributed by atoms with Gasteiger partial charge in [-0.15, -0.1) is 11.3 Å². The van der Waals surface area contributed by atoms with Gasteiger partial charge in [0, 0.05) is 0 Å². The number of nitriles is 2. The molecule has 0 aliphatic heterocycles. The molecule has 7 heteroatoms. The first-order valence-electron chi connectivity index (χ1n) is 8.17. The van der Waals surface area contributed by atoms with E-state index in [-0.39, 0.29) is 11.1 Å². The first-order valence-corrected chi connectivity index (χ1v) is 9.74. The molecule has 28 heavy (non-hydrogen) atoms. The lowest BCUT2D eigenvalue weighted by atomic mass is 10.1. The molecule has 0 N–H and O–H groups in total. The van der Waals surface area contributed by atoms with Gasteiger partial charge in [-0.05, 0) is 48.7 Å². The Morgan fingerprint density at radius 1 is 1.07 bits per heavy atom. The minimum absolute atomic E-state index is 0.112. The van der Waals surface area contributed by atoms with Crippen molar-refractivity contribution in [1.82, 2.24) is 4.57 Å². The van der Waals surface area contributed by atoms with E-state index in [9.17, 15) is 15.3 Å². The highest BCUT2D eigenvalue weighted by atomic mass is 35.5. The third-order valence-corrected chi connectivity index (χ3v) is 6.00. The molecule has 3 aromatic rings. The zero-order valence-corrected chi connectivity index (χ0v) is 17.3. The fourth-order valence-electron chi connectivity index (χ4n) is 2.89. The predicted octanol–water partition coefficient (Wildman–Crippen LogP) is 3.85. The second kappa shape index (κ2) is 8.04. The zero-order valence-electron chi connectivity index (χ0n) is 15.0. The Hall–Kier alpha value is -2.83. The molecule has 1 heterocycles. The van der Waals surface area contributed by atoms with Crippen LogP contribution in [0, 0.1) is 36.5 Å². The molecule has 1 aromatic heterocycles. The van der Waals surface area contributed by atoms with Crippen LogP contribution in [0.25, 0.3) is 17.3 Å². The maximum absolute atomic E-state index is 13.2. The highest BCUT2D eigenvalue weighted by molar-refractivity contribution is 7.07. The molecule has 0 fully saturated rings. The molecule has 0 radical (unpaired) electrons. The molecule has 4 nitrogen and oxygen atoms in total. The predicted molar refractivity (Wildman–Crippen MR) is 113 cm³/mol. The smallest absolute Gasteiger partial charge is 0.267 e. The number of benzene rings is 2. The van der Waals surface area contributed by atoms with E-state index in [1.165, 1.54) is 4.57 Å². The van der Waals surface area contributed by atoms with Gasteiger partial charge >= 0.3 is 0 Å². The molecule has 0 bridgehead atoms. The van der Waals surface area contributed by atoms with Crippen LogP contribution >= 0.6 is 34.5 Å². The lowest BCUT2D eigenvalue weighted by Gasteiger charge is -2.10. The van der Waals surface area contributed by atoms with Crippen molar-refractivity contribution in [3.8, 4) is 17.8 Å². The topological polar surface area (TPSA) is 69.6 Å². The van der Waals surface area contributed by atoms with Gasteiger partial charge in [-0.2, -0.15) is 10.5 Å². The zero-order chi connectivity index (χ0) is 20.4. The number of nitrogens with zero attached hydrogens (tertiary/aromatic N) is 3. The summed E-state index contributed by atoms with van der Waals surface area (Å²) >= 11 is 13.1. The van der Waals surface area contributed by atoms with E-state index in [2.05, 4.69) is 0 Å². The van der Waals surface area contributed by atoms with Crippen molar-refractivity contribution in [2.45, 2.75) is 13.8 Å². The maximum Gasteiger partial charge on any atom is 0.273 e. The van der Waals surface area contributed by atoms with Gasteiger partial charge < -0.3 is 0 Å². The monoisotopic (exact) mass is 425 g/mol. The molecule has 0 spiro atoms. The SMILES string of the molecule is Cc1cccc(C)c1-n1c(=C(C#N)C#N)s/c(=C\c2ccc(Cl)c(Cl)c2)c1=O. The summed E-state index contributed by atoms with van der Waals surface area (Å²) in [5, 5.41) is 19.6. The van der Waals surface area contributed by atoms with E-state index >= 15 is 0 Å². The third-order valence-electron chi connectivity index (χ3n) is 4.17. The Labute approximate surface area is 175 Å². The Kier molecular flexibility index (Phi) is 5.72. The molecule has 0 aliphatic carbocycles. The van der Waals surface area contributed by atoms with Crippen LogP contribution in [-0.2, 0) is 0 Å². The number of halogens is 2. The largest absolute Gasteiger partial charge is 0.273 e. The molecule has 0 aliphatic rings. The first kappa shape index (κ1) is 19.9. The van der Waals surface area contributed by atoms with Crippen molar-refractivity contribution in [1.29, 1.82) is 10.5 Å². The van der Waals surface area contributed by atoms with E-state index < -0.39 is 0 Å². The van der Waals surface area contributed by atoms with Crippen molar-refractivity contribution in [3.63, 3.8) is 0 Å². The van der Waals surface area contributed by atoms with Crippen LogP contribution < -0.4 is 14.8 Å². The summed E-state index contributed by atoms with van der Waals surface area (Å²) in [7, 11) is 0. The number of para-hydroxylation sites is 1. The van der Waals surface area contributed by atoms with Crippen molar-refractivity contribution in [2.24, 2.45) is 0 Å². The molecule has 0 saturated heterocycles. The van der Waals surface area contributed by atoms with Gasteiger partial charge in [0.2, 0.25) is 0 Å². The number of rotatable bonds is 2. The summed E-state index contributed by atoms with van der Waals surface area (Å²) < 4.78 is 2.14. The standard InChI is InChI=1S/C21H13Cl2N3OS/c1-12-4-3-5-13(2)19(12)26-20(27)18(28-21(26)15(10-24)11-25)9-14-6-7-16(22)17(23)8-14/h3-9H,1-2H3/b18-9-. The summed E-state index contributed by atoms with van der Waals surface area (Å²) in [5.74, 6) is 0. The van der Waals surface area contributed by atoms with Crippen LogP contribution in [0.3, 0.4) is 0 Å². The Bertz CT molecular complexity index is 1320. The van der Waals surface area contributed by atoms with E-state index in [1.807, 2.05) is 44.2 Å². The highest BCUT2D eigenvalue weighted by Crippen LogP contribution is 2.22. The van der Waals surface area contributed by atoms with Crippen LogP contribution in [0.5, 0.6) is 0 Å². The van der Waals surface area contributed by atoms with Gasteiger partial charge in [0.05, 0.1) is 20.3 Å². The van der Waals surface area contributed by atoms with Crippen LogP contribution in [0.1, 0.15) is 16.7 Å². The van der Waals surface area contributed by atoms with Gasteiger partial charge in [-0.1, -0.05) is 47.5 Å². The Morgan fingerprint density at radius 2 is 1.71 bits per heavy atom. The second-order valence-corrected chi connectivity index (χ2v) is 7.91. The molecule has 0 unspecified atom stereocenters. The maximum atomic E-state index is 13.2. The number of hydrogen-bond acceptors (Lipinski definition) is 4. The summed E-state index contributed by atoms with van der Waals surface area (Å²) in [6, 6.07) is 14.5. The minimum atomic E-state index is -0.300. The second-order valence-electron chi connectivity index (χ2n) is 6.07. The van der Waals surface area contributed by atoms with Crippen LogP contribution in [0.15, 0.2) is 41.2 Å². The first-order chi connectivity index (χ1) is 13.4. The van der Waals surface area contributed by atoms with Crippen molar-refractivity contribution in [2.75, 3.05) is 0 Å². The van der Waals surface area contributed by atoms with E-state index in [0.717, 1.165) is 22.5 Å². The average molecular weight is 426 g/mol. The van der Waals surface area contributed by atoms with E-state index in [0.29, 0.717) is 30.5 Å². The van der Waals surface area contributed by atoms with Gasteiger partial charge in [-0.25, -0.2) is 0 Å². The quantitative estimate of drug-likeness (QED) is 0.625. The van der Waals surface area contributed by atoms with Crippen molar-refractivity contribution < 1.29 is 0 Å². The summed E-state index contributed by atoms with van der Waals surface area (Å²) in [6.07, 6.45) is 1.68. The van der Waals surface area contributed by atoms with E-state index in [4.69, 9.17) is 23.2 Å². The Balaban J connectivity index is 2.45. The molecule has 138 valence electrons. The fraction of sp³-hybridized carbons (Fsp3) is 0.0952. The van der Waals surface area contributed by atoms with Crippen molar-refractivity contribution >= 4 is 46.2 Å². The van der Waals surface area contributed by atoms with Crippen LogP contribution in [-0.4, -0.2) is 4.57 Å². The number of hydrogen-bond donors (Lipinski definition) is 0. The van der Waals surface area contributed by atoms with Crippen molar-refractivity contribution in [3.05, 3.63) is 82.7 Å². The van der Waals surface area contributed by atoms with Gasteiger partial charge in [0.1, 0.15) is 16.8 Å². The fourth-order valence-corrected chi connectivity index (χ4v) is 4.23. The molecule has 3 rings (SSSR count). The number of aromatic nitrogens is 1. The van der Waals surface area contributed by atoms with Gasteiger partial charge in [0.25, 0.3) is 5.56 Å². The average Bonchev–Trinajstić information content (AvgIpc) is 2.96. The molecular formula is C21H13Cl2N3OS. The molecule has 2 aromatic carbocycles.